The van der Waals surface area contributed by atoms with Gasteiger partial charge in [0.25, 0.3) is 0 Å². The molecule has 0 fully saturated rings. The Morgan fingerprint density at radius 2 is 2.32 bits per heavy atom. The maximum Gasteiger partial charge on any atom is 0.326 e. The van der Waals surface area contributed by atoms with Gasteiger partial charge in [-0.25, -0.2) is 4.99 Å². The zero-order chi connectivity index (χ0) is 14.0. The van der Waals surface area contributed by atoms with Crippen LogP contribution in [-0.4, -0.2) is 21.5 Å². The van der Waals surface area contributed by atoms with Crippen molar-refractivity contribution in [1.82, 2.24) is 10.3 Å². The van der Waals surface area contributed by atoms with Gasteiger partial charge in [0, 0.05) is 23.8 Å². The summed E-state index contributed by atoms with van der Waals surface area (Å²) < 4.78 is 0. The first-order valence-electron chi connectivity index (χ1n) is 5.26. The molecule has 0 aromatic carbocycles. The van der Waals surface area contributed by atoms with E-state index in [9.17, 15) is 10.1 Å². The highest BCUT2D eigenvalue weighted by Gasteiger charge is 2.32. The molecule has 0 radical (unpaired) electrons. The van der Waals surface area contributed by atoms with Crippen LogP contribution in [0.25, 0.3) is 0 Å². The number of nitrogens with two attached hydrogens (primary N) is 2. The fraction of sp³-hybridized carbons (Fsp3) is 0.200. The van der Waals surface area contributed by atoms with Crippen LogP contribution in [0.1, 0.15) is 5.56 Å². The van der Waals surface area contributed by atoms with Crippen LogP contribution in [0.4, 0.5) is 0 Å². The fourth-order valence-electron chi connectivity index (χ4n) is 1.64. The van der Waals surface area contributed by atoms with E-state index in [1.807, 2.05) is 0 Å². The van der Waals surface area contributed by atoms with Gasteiger partial charge in [0.15, 0.2) is 5.79 Å². The molecule has 1 aromatic heterocycles. The summed E-state index contributed by atoms with van der Waals surface area (Å²) >= 11 is 5.99. The van der Waals surface area contributed by atoms with Gasteiger partial charge in [-0.05, 0) is 11.6 Å². The predicted molar refractivity (Wildman–Crippen MR) is 69.7 cm³/mol. The summed E-state index contributed by atoms with van der Waals surface area (Å²) in [7, 11) is 0. The molecule has 0 bridgehead atoms. The van der Waals surface area contributed by atoms with Crippen molar-refractivity contribution in [1.29, 1.82) is 0 Å². The Balaban J connectivity index is 2.24. The minimum absolute atomic E-state index is 0.196. The number of hydrogen-bond donors (Lipinski definition) is 3. The highest BCUT2D eigenvalue weighted by molar-refractivity contribution is 6.31. The topological polar surface area (TPSA) is 132 Å². The SMILES string of the molecule is NC1=NC(N)(Cc2cnccc2Cl)NC=C1[N+](=O)[O-]. The van der Waals surface area contributed by atoms with Gasteiger partial charge in [0.1, 0.15) is 0 Å². The van der Waals surface area contributed by atoms with Crippen LogP contribution < -0.4 is 16.8 Å². The molecule has 1 aromatic rings. The zero-order valence-corrected chi connectivity index (χ0v) is 10.5. The number of nitrogens with one attached hydrogen (secondary N) is 1. The van der Waals surface area contributed by atoms with Gasteiger partial charge in [0.05, 0.1) is 11.1 Å². The summed E-state index contributed by atoms with van der Waals surface area (Å²) in [4.78, 5) is 17.9. The summed E-state index contributed by atoms with van der Waals surface area (Å²) in [6, 6.07) is 1.62. The lowest BCUT2D eigenvalue weighted by atomic mass is 10.1. The number of halogens is 1. The van der Waals surface area contributed by atoms with E-state index in [0.717, 1.165) is 6.20 Å². The summed E-state index contributed by atoms with van der Waals surface area (Å²) in [6.45, 7) is 0. The molecule has 2 heterocycles. The number of aliphatic imine (C=N–C) groups is 1. The van der Waals surface area contributed by atoms with Crippen molar-refractivity contribution in [2.24, 2.45) is 16.5 Å². The molecule has 0 spiro atoms. The molecule has 1 unspecified atom stereocenters. The molecule has 5 N–H and O–H groups in total. The molecular weight excluding hydrogens is 272 g/mol. The Bertz CT molecular complexity index is 587. The number of aromatic nitrogens is 1. The third-order valence-electron chi connectivity index (χ3n) is 2.54. The van der Waals surface area contributed by atoms with Crippen molar-refractivity contribution in [2.45, 2.75) is 12.2 Å². The number of hydrogen-bond acceptors (Lipinski definition) is 7. The standard InChI is InChI=1S/C10H11ClN6O2/c11-7-1-2-14-4-6(7)3-10(13)15-5-8(17(18)19)9(12)16-10/h1-2,4-5,15H,3,13H2,(H2,12,16). The highest BCUT2D eigenvalue weighted by atomic mass is 35.5. The molecule has 0 amide bonds. The van der Waals surface area contributed by atoms with Crippen molar-refractivity contribution < 1.29 is 4.92 Å². The number of amidine groups is 1. The van der Waals surface area contributed by atoms with E-state index in [2.05, 4.69) is 15.3 Å². The average Bonchev–Trinajstić information content (AvgIpc) is 2.31. The van der Waals surface area contributed by atoms with Gasteiger partial charge >= 0.3 is 5.70 Å². The first-order chi connectivity index (χ1) is 8.91. The van der Waals surface area contributed by atoms with Crippen LogP contribution in [0.3, 0.4) is 0 Å². The van der Waals surface area contributed by atoms with E-state index in [4.69, 9.17) is 23.1 Å². The van der Waals surface area contributed by atoms with E-state index in [-0.39, 0.29) is 18.0 Å². The van der Waals surface area contributed by atoms with Crippen LogP contribution in [-0.2, 0) is 6.42 Å². The van der Waals surface area contributed by atoms with E-state index in [0.29, 0.717) is 10.6 Å². The van der Waals surface area contributed by atoms with E-state index in [1.54, 1.807) is 18.5 Å². The summed E-state index contributed by atoms with van der Waals surface area (Å²) in [5.41, 5.74) is 11.8. The van der Waals surface area contributed by atoms with Gasteiger partial charge in [0.2, 0.25) is 5.84 Å². The van der Waals surface area contributed by atoms with Gasteiger partial charge in [-0.1, -0.05) is 11.6 Å². The van der Waals surface area contributed by atoms with Crippen LogP contribution in [0.15, 0.2) is 35.3 Å². The number of nitrogens with zero attached hydrogens (tertiary/aromatic N) is 3. The molecule has 19 heavy (non-hydrogen) atoms. The second-order valence-corrected chi connectivity index (χ2v) is 4.40. The van der Waals surface area contributed by atoms with Gasteiger partial charge in [-0.3, -0.25) is 20.8 Å². The van der Waals surface area contributed by atoms with E-state index in [1.165, 1.54) is 0 Å². The van der Waals surface area contributed by atoms with Crippen LogP contribution in [0.5, 0.6) is 0 Å². The average molecular weight is 283 g/mol. The van der Waals surface area contributed by atoms with E-state index >= 15 is 0 Å². The molecule has 0 aliphatic carbocycles. The lowest BCUT2D eigenvalue weighted by Crippen LogP contribution is -2.55. The molecule has 0 saturated heterocycles. The first-order valence-corrected chi connectivity index (χ1v) is 5.64. The van der Waals surface area contributed by atoms with Crippen molar-refractivity contribution in [3.05, 3.63) is 51.1 Å². The monoisotopic (exact) mass is 282 g/mol. The maximum atomic E-state index is 10.7. The Hall–Kier alpha value is -2.19. The normalized spacial score (nSPS) is 22.2. The van der Waals surface area contributed by atoms with E-state index < -0.39 is 10.7 Å². The smallest absolute Gasteiger partial charge is 0.326 e. The molecule has 2 rings (SSSR count). The maximum absolute atomic E-state index is 10.7. The molecule has 1 atom stereocenters. The largest absolute Gasteiger partial charge is 0.378 e. The Labute approximate surface area is 113 Å². The molecule has 9 heteroatoms. The quantitative estimate of drug-likeness (QED) is 0.527. The Kier molecular flexibility index (Phi) is 3.36. The second kappa shape index (κ2) is 4.82. The van der Waals surface area contributed by atoms with Crippen molar-refractivity contribution in [3.8, 4) is 0 Å². The fourth-order valence-corrected chi connectivity index (χ4v) is 1.81. The van der Waals surface area contributed by atoms with Crippen molar-refractivity contribution >= 4 is 17.4 Å². The van der Waals surface area contributed by atoms with Gasteiger partial charge in [-0.15, -0.1) is 0 Å². The third kappa shape index (κ3) is 2.80. The van der Waals surface area contributed by atoms with Gasteiger partial charge in [-0.2, -0.15) is 0 Å². The summed E-state index contributed by atoms with van der Waals surface area (Å²) in [6.07, 6.45) is 4.43. The number of nitro groups is 1. The van der Waals surface area contributed by atoms with Crippen molar-refractivity contribution in [2.75, 3.05) is 0 Å². The highest BCUT2D eigenvalue weighted by Crippen LogP contribution is 2.20. The Morgan fingerprint density at radius 1 is 1.58 bits per heavy atom. The zero-order valence-electron chi connectivity index (χ0n) is 9.71. The molecule has 1 aliphatic heterocycles. The third-order valence-corrected chi connectivity index (χ3v) is 2.91. The predicted octanol–water partition coefficient (Wildman–Crippen LogP) is -0.0315. The summed E-state index contributed by atoms with van der Waals surface area (Å²) in [5, 5.41) is 13.8. The minimum atomic E-state index is -1.28. The first kappa shape index (κ1) is 13.2. The number of rotatable bonds is 3. The van der Waals surface area contributed by atoms with Crippen LogP contribution in [0, 0.1) is 10.1 Å². The van der Waals surface area contributed by atoms with Gasteiger partial charge < -0.3 is 11.1 Å². The Morgan fingerprint density at radius 3 is 2.89 bits per heavy atom. The van der Waals surface area contributed by atoms with Crippen LogP contribution >= 0.6 is 11.6 Å². The molecule has 0 saturated carbocycles. The summed E-state index contributed by atoms with van der Waals surface area (Å²) in [5.74, 6) is -1.51. The van der Waals surface area contributed by atoms with Crippen molar-refractivity contribution in [3.63, 3.8) is 0 Å². The molecule has 100 valence electrons. The lowest BCUT2D eigenvalue weighted by molar-refractivity contribution is -0.416. The second-order valence-electron chi connectivity index (χ2n) is 4.00. The molecule has 1 aliphatic rings. The minimum Gasteiger partial charge on any atom is -0.378 e. The number of pyridine rings is 1. The lowest BCUT2D eigenvalue weighted by Gasteiger charge is -2.28. The van der Waals surface area contributed by atoms with Crippen LogP contribution in [0.2, 0.25) is 5.02 Å². The molecular formula is C10H11ClN6O2. The molecule has 8 nitrogen and oxygen atoms in total.